The Hall–Kier alpha value is -1.51. The van der Waals surface area contributed by atoms with Crippen molar-refractivity contribution in [2.75, 3.05) is 12.4 Å². The number of anilines is 1. The second-order valence-corrected chi connectivity index (χ2v) is 2.61. The van der Waals surface area contributed by atoms with Crippen LogP contribution in [0.5, 0.6) is 0 Å². The van der Waals surface area contributed by atoms with Gasteiger partial charge < -0.3 is 10.6 Å². The number of carbonyl (C=O) groups is 1. The van der Waals surface area contributed by atoms with Crippen molar-refractivity contribution >= 4 is 11.7 Å². The zero-order valence-electron chi connectivity index (χ0n) is 7.63. The van der Waals surface area contributed by atoms with Gasteiger partial charge in [-0.15, -0.1) is 0 Å². The van der Waals surface area contributed by atoms with Crippen molar-refractivity contribution in [2.45, 2.75) is 6.42 Å². The molecule has 1 radical (unpaired) electrons. The van der Waals surface area contributed by atoms with Gasteiger partial charge in [0.05, 0.1) is 0 Å². The molecule has 0 aliphatic heterocycles. The van der Waals surface area contributed by atoms with Crippen molar-refractivity contribution in [3.63, 3.8) is 0 Å². The molecule has 1 aromatic carbocycles. The van der Waals surface area contributed by atoms with Gasteiger partial charge in [0, 0.05) is 12.7 Å². The van der Waals surface area contributed by atoms with Crippen LogP contribution in [0.1, 0.15) is 5.56 Å². The minimum Gasteiger partial charge on any atom is -0.341 e. The molecule has 0 atom stereocenters. The standard InChI is InChI=1S/C10H13N2O/c1-3-8-6-4-5-7-9(8)12-10(13)11-2/h4-7H,1,3H2,2H3,(H2,11,12,13). The minimum absolute atomic E-state index is 0.207. The summed E-state index contributed by atoms with van der Waals surface area (Å²) in [6.07, 6.45) is 0.667. The van der Waals surface area contributed by atoms with E-state index < -0.39 is 0 Å². The van der Waals surface area contributed by atoms with Gasteiger partial charge in [0.1, 0.15) is 0 Å². The summed E-state index contributed by atoms with van der Waals surface area (Å²) < 4.78 is 0. The summed E-state index contributed by atoms with van der Waals surface area (Å²) in [6, 6.07) is 7.40. The summed E-state index contributed by atoms with van der Waals surface area (Å²) >= 11 is 0. The van der Waals surface area contributed by atoms with E-state index in [4.69, 9.17) is 0 Å². The first kappa shape index (κ1) is 9.58. The van der Waals surface area contributed by atoms with Crippen LogP contribution >= 0.6 is 0 Å². The maximum Gasteiger partial charge on any atom is 0.318 e. The van der Waals surface area contributed by atoms with Crippen LogP contribution in [0, 0.1) is 6.92 Å². The predicted octanol–water partition coefficient (Wildman–Crippen LogP) is 1.81. The molecule has 13 heavy (non-hydrogen) atoms. The molecule has 1 rings (SSSR count). The molecule has 0 heterocycles. The highest BCUT2D eigenvalue weighted by molar-refractivity contribution is 5.89. The molecule has 0 fully saturated rings. The zero-order valence-corrected chi connectivity index (χ0v) is 7.63. The van der Waals surface area contributed by atoms with Gasteiger partial charge >= 0.3 is 6.03 Å². The molecule has 2 amide bonds. The lowest BCUT2D eigenvalue weighted by atomic mass is 10.1. The Morgan fingerprint density at radius 1 is 1.46 bits per heavy atom. The average molecular weight is 177 g/mol. The molecule has 69 valence electrons. The third kappa shape index (κ3) is 2.47. The Morgan fingerprint density at radius 2 is 2.15 bits per heavy atom. The van der Waals surface area contributed by atoms with Gasteiger partial charge in [-0.2, -0.15) is 0 Å². The summed E-state index contributed by atoms with van der Waals surface area (Å²) in [6.45, 7) is 3.78. The smallest absolute Gasteiger partial charge is 0.318 e. The monoisotopic (exact) mass is 177 g/mol. The summed E-state index contributed by atoms with van der Waals surface area (Å²) in [5.41, 5.74) is 1.85. The van der Waals surface area contributed by atoms with Crippen molar-refractivity contribution in [3.8, 4) is 0 Å². The average Bonchev–Trinajstić information content (AvgIpc) is 2.18. The minimum atomic E-state index is -0.207. The highest BCUT2D eigenvalue weighted by atomic mass is 16.2. The molecule has 0 spiro atoms. The van der Waals surface area contributed by atoms with Crippen LogP contribution in [0.4, 0.5) is 10.5 Å². The van der Waals surface area contributed by atoms with E-state index in [-0.39, 0.29) is 6.03 Å². The molecule has 0 saturated heterocycles. The van der Waals surface area contributed by atoms with Crippen LogP contribution in [0.25, 0.3) is 0 Å². The first-order valence-electron chi connectivity index (χ1n) is 4.14. The number of urea groups is 1. The van der Waals surface area contributed by atoms with Crippen molar-refractivity contribution in [1.82, 2.24) is 5.32 Å². The van der Waals surface area contributed by atoms with Crippen molar-refractivity contribution in [3.05, 3.63) is 36.8 Å². The van der Waals surface area contributed by atoms with Gasteiger partial charge in [-0.25, -0.2) is 4.79 Å². The Morgan fingerprint density at radius 3 is 2.77 bits per heavy atom. The molecule has 3 nitrogen and oxygen atoms in total. The van der Waals surface area contributed by atoms with Crippen LogP contribution in [0.2, 0.25) is 0 Å². The third-order valence-corrected chi connectivity index (χ3v) is 1.76. The number of nitrogens with one attached hydrogen (secondary N) is 2. The largest absolute Gasteiger partial charge is 0.341 e. The maximum atomic E-state index is 11.0. The second kappa shape index (κ2) is 4.50. The highest BCUT2D eigenvalue weighted by Gasteiger charge is 2.01. The van der Waals surface area contributed by atoms with E-state index in [1.807, 2.05) is 24.3 Å². The number of amides is 2. The maximum absolute atomic E-state index is 11.0. The Kier molecular flexibility index (Phi) is 3.31. The molecule has 0 aliphatic rings. The fourth-order valence-electron chi connectivity index (χ4n) is 1.05. The fourth-order valence-corrected chi connectivity index (χ4v) is 1.05. The van der Waals surface area contributed by atoms with Crippen LogP contribution in [0.3, 0.4) is 0 Å². The molecule has 0 bridgehead atoms. The molecule has 0 aliphatic carbocycles. The topological polar surface area (TPSA) is 41.1 Å². The summed E-state index contributed by atoms with van der Waals surface area (Å²) in [5, 5.41) is 5.22. The zero-order chi connectivity index (χ0) is 9.68. The first-order chi connectivity index (χ1) is 6.27. The van der Waals surface area contributed by atoms with E-state index in [1.54, 1.807) is 7.05 Å². The second-order valence-electron chi connectivity index (χ2n) is 2.61. The summed E-state index contributed by atoms with van der Waals surface area (Å²) in [7, 11) is 1.59. The molecule has 3 heteroatoms. The normalized spacial score (nSPS) is 9.38. The Balaban J connectivity index is 2.81. The number of benzene rings is 1. The molecule has 2 N–H and O–H groups in total. The van der Waals surface area contributed by atoms with E-state index in [1.165, 1.54) is 0 Å². The molecule has 0 unspecified atom stereocenters. The van der Waals surface area contributed by atoms with Gasteiger partial charge in [0.2, 0.25) is 0 Å². The van der Waals surface area contributed by atoms with Crippen LogP contribution in [-0.2, 0) is 6.42 Å². The lowest BCUT2D eigenvalue weighted by Gasteiger charge is -2.08. The lowest BCUT2D eigenvalue weighted by molar-refractivity contribution is 0.254. The molecule has 1 aromatic rings. The van der Waals surface area contributed by atoms with Gasteiger partial charge in [-0.05, 0) is 25.0 Å². The Bertz CT molecular complexity index is 297. The number of hydrogen-bond donors (Lipinski definition) is 2. The summed E-state index contributed by atoms with van der Waals surface area (Å²) in [5.74, 6) is 0. The molecule has 0 aromatic heterocycles. The first-order valence-corrected chi connectivity index (χ1v) is 4.14. The van der Waals surface area contributed by atoms with Gasteiger partial charge in [0.25, 0.3) is 0 Å². The van der Waals surface area contributed by atoms with Crippen LogP contribution < -0.4 is 10.6 Å². The van der Waals surface area contributed by atoms with E-state index in [0.717, 1.165) is 11.3 Å². The van der Waals surface area contributed by atoms with Gasteiger partial charge in [-0.3, -0.25) is 0 Å². The number of hydrogen-bond acceptors (Lipinski definition) is 1. The SMILES string of the molecule is [CH2]Cc1ccccc1NC(=O)NC. The Labute approximate surface area is 78.2 Å². The van der Waals surface area contributed by atoms with E-state index in [0.29, 0.717) is 6.42 Å². The number of para-hydroxylation sites is 1. The molecule has 0 saturated carbocycles. The van der Waals surface area contributed by atoms with Crippen molar-refractivity contribution < 1.29 is 4.79 Å². The van der Waals surface area contributed by atoms with Crippen molar-refractivity contribution in [2.24, 2.45) is 0 Å². The lowest BCUT2D eigenvalue weighted by Crippen LogP contribution is -2.24. The van der Waals surface area contributed by atoms with Crippen LogP contribution in [-0.4, -0.2) is 13.1 Å². The molecular formula is C10H13N2O. The summed E-state index contributed by atoms with van der Waals surface area (Å²) in [4.78, 5) is 11.0. The van der Waals surface area contributed by atoms with E-state index in [9.17, 15) is 4.79 Å². The third-order valence-electron chi connectivity index (χ3n) is 1.76. The van der Waals surface area contributed by atoms with E-state index in [2.05, 4.69) is 17.6 Å². The van der Waals surface area contributed by atoms with Crippen molar-refractivity contribution in [1.29, 1.82) is 0 Å². The van der Waals surface area contributed by atoms with Gasteiger partial charge in [-0.1, -0.05) is 18.2 Å². The quantitative estimate of drug-likeness (QED) is 0.710. The highest BCUT2D eigenvalue weighted by Crippen LogP contribution is 2.14. The number of carbonyl (C=O) groups excluding carboxylic acids is 1. The van der Waals surface area contributed by atoms with Gasteiger partial charge in [0.15, 0.2) is 0 Å². The molecular weight excluding hydrogens is 164 g/mol. The fraction of sp³-hybridized carbons (Fsp3) is 0.200. The number of rotatable bonds is 2. The van der Waals surface area contributed by atoms with Crippen LogP contribution in [0.15, 0.2) is 24.3 Å². The van der Waals surface area contributed by atoms with E-state index >= 15 is 0 Å². The predicted molar refractivity (Wildman–Crippen MR) is 53.6 cm³/mol.